The lowest BCUT2D eigenvalue weighted by Crippen LogP contribution is -2.34. The molecule has 1 rings (SSSR count). The molecule has 0 radical (unpaired) electrons. The number of amides is 1. The second kappa shape index (κ2) is 8.18. The fourth-order valence-corrected chi connectivity index (χ4v) is 1.59. The van der Waals surface area contributed by atoms with Crippen LogP contribution in [-0.4, -0.2) is 68.4 Å². The molecule has 0 fully saturated rings. The quantitative estimate of drug-likeness (QED) is 0.581. The molecule has 0 saturated heterocycles. The molecule has 0 aliphatic rings. The summed E-state index contributed by atoms with van der Waals surface area (Å²) in [5.41, 5.74) is -0.277. The van der Waals surface area contributed by atoms with Gasteiger partial charge in [-0.15, -0.1) is 0 Å². The number of rotatable bonds is 8. The lowest BCUT2D eigenvalue weighted by Gasteiger charge is -2.21. The van der Waals surface area contributed by atoms with Crippen molar-refractivity contribution >= 4 is 11.9 Å². The molecule has 110 valence electrons. The van der Waals surface area contributed by atoms with Gasteiger partial charge in [-0.3, -0.25) is 4.79 Å². The van der Waals surface area contributed by atoms with Crippen molar-refractivity contribution in [3.8, 4) is 0 Å². The Bertz CT molecular complexity index is 458. The molecule has 1 aromatic heterocycles. The van der Waals surface area contributed by atoms with Crippen LogP contribution in [0.3, 0.4) is 0 Å². The van der Waals surface area contributed by atoms with Crippen molar-refractivity contribution < 1.29 is 24.9 Å². The zero-order valence-corrected chi connectivity index (χ0v) is 10.9. The molecule has 0 unspecified atom stereocenters. The number of carbonyl (C=O) groups is 2. The molecule has 0 aliphatic heterocycles. The van der Waals surface area contributed by atoms with Gasteiger partial charge >= 0.3 is 5.97 Å². The molecular formula is C12H17N3O5. The molecule has 1 amide bonds. The van der Waals surface area contributed by atoms with Crippen LogP contribution in [0.15, 0.2) is 12.4 Å². The van der Waals surface area contributed by atoms with Gasteiger partial charge in [0.1, 0.15) is 12.0 Å². The summed E-state index contributed by atoms with van der Waals surface area (Å²) >= 11 is 0. The van der Waals surface area contributed by atoms with Gasteiger partial charge in [0.05, 0.1) is 0 Å². The summed E-state index contributed by atoms with van der Waals surface area (Å²) in [6.07, 6.45) is 1.81. The van der Waals surface area contributed by atoms with Crippen molar-refractivity contribution in [1.82, 2.24) is 14.9 Å². The van der Waals surface area contributed by atoms with Crippen molar-refractivity contribution in [3.05, 3.63) is 23.8 Å². The van der Waals surface area contributed by atoms with Crippen LogP contribution in [-0.2, 0) is 0 Å². The Balaban J connectivity index is 2.86. The minimum absolute atomic E-state index is 0.0201. The van der Waals surface area contributed by atoms with E-state index in [2.05, 4.69) is 9.97 Å². The minimum atomic E-state index is -1.24. The predicted molar refractivity (Wildman–Crippen MR) is 68.3 cm³/mol. The summed E-state index contributed by atoms with van der Waals surface area (Å²) in [7, 11) is 0. The third-order valence-corrected chi connectivity index (χ3v) is 2.56. The summed E-state index contributed by atoms with van der Waals surface area (Å²) < 4.78 is 0. The maximum atomic E-state index is 12.2. The maximum Gasteiger partial charge on any atom is 0.354 e. The Morgan fingerprint density at radius 1 is 1.05 bits per heavy atom. The monoisotopic (exact) mass is 283 g/mol. The van der Waals surface area contributed by atoms with E-state index in [9.17, 15) is 9.59 Å². The van der Waals surface area contributed by atoms with E-state index in [1.165, 1.54) is 4.90 Å². The number of aliphatic hydroxyl groups excluding tert-OH is 2. The molecule has 1 heterocycles. The third kappa shape index (κ3) is 4.56. The number of aliphatic hydroxyl groups is 2. The van der Waals surface area contributed by atoms with Crippen molar-refractivity contribution in [2.45, 2.75) is 12.8 Å². The minimum Gasteiger partial charge on any atom is -0.477 e. The molecule has 0 bridgehead atoms. The number of aromatic nitrogens is 2. The van der Waals surface area contributed by atoms with Crippen LogP contribution < -0.4 is 0 Å². The first-order chi connectivity index (χ1) is 9.60. The zero-order valence-electron chi connectivity index (χ0n) is 10.9. The van der Waals surface area contributed by atoms with Gasteiger partial charge in [-0.1, -0.05) is 0 Å². The number of carbonyl (C=O) groups excluding carboxylic acids is 1. The second-order valence-corrected chi connectivity index (χ2v) is 4.04. The van der Waals surface area contributed by atoms with Crippen molar-refractivity contribution in [3.63, 3.8) is 0 Å². The van der Waals surface area contributed by atoms with Gasteiger partial charge in [0.25, 0.3) is 5.91 Å². The van der Waals surface area contributed by atoms with Crippen LogP contribution in [0.25, 0.3) is 0 Å². The van der Waals surface area contributed by atoms with Crippen molar-refractivity contribution in [2.75, 3.05) is 26.3 Å². The number of nitrogens with zero attached hydrogens (tertiary/aromatic N) is 3. The van der Waals surface area contributed by atoms with Crippen molar-refractivity contribution in [1.29, 1.82) is 0 Å². The third-order valence-electron chi connectivity index (χ3n) is 2.56. The van der Waals surface area contributed by atoms with Gasteiger partial charge < -0.3 is 20.2 Å². The Hall–Kier alpha value is -2.06. The van der Waals surface area contributed by atoms with Crippen molar-refractivity contribution in [2.24, 2.45) is 0 Å². The molecule has 0 spiro atoms. The van der Waals surface area contributed by atoms with E-state index >= 15 is 0 Å². The van der Waals surface area contributed by atoms with Gasteiger partial charge in [-0.05, 0) is 12.8 Å². The molecular weight excluding hydrogens is 266 g/mol. The highest BCUT2D eigenvalue weighted by Gasteiger charge is 2.18. The van der Waals surface area contributed by atoms with Crippen LogP contribution in [0.1, 0.15) is 33.8 Å². The number of hydrogen-bond acceptors (Lipinski definition) is 6. The lowest BCUT2D eigenvalue weighted by atomic mass is 10.2. The highest BCUT2D eigenvalue weighted by molar-refractivity contribution is 5.94. The number of carboxylic acid groups (broad SMARTS) is 1. The number of carboxylic acids is 1. The lowest BCUT2D eigenvalue weighted by molar-refractivity contribution is 0.0690. The molecule has 20 heavy (non-hydrogen) atoms. The number of aromatic carboxylic acids is 1. The Morgan fingerprint density at radius 2 is 1.60 bits per heavy atom. The van der Waals surface area contributed by atoms with E-state index in [-0.39, 0.29) is 24.6 Å². The molecule has 0 saturated carbocycles. The normalized spacial score (nSPS) is 10.3. The van der Waals surface area contributed by atoms with Crippen LogP contribution in [0.5, 0.6) is 0 Å². The van der Waals surface area contributed by atoms with E-state index in [1.54, 1.807) is 0 Å². The first-order valence-electron chi connectivity index (χ1n) is 6.16. The molecule has 8 nitrogen and oxygen atoms in total. The summed E-state index contributed by atoms with van der Waals surface area (Å²) in [5.74, 6) is -1.68. The van der Waals surface area contributed by atoms with Crippen LogP contribution >= 0.6 is 0 Å². The SMILES string of the molecule is O=C(O)c1cc(C(=O)N(CCCO)CCCO)ncn1. The first-order valence-corrected chi connectivity index (χ1v) is 6.16. The van der Waals surface area contributed by atoms with Gasteiger partial charge in [-0.25, -0.2) is 14.8 Å². The number of hydrogen-bond donors (Lipinski definition) is 3. The van der Waals surface area contributed by atoms with Crippen LogP contribution in [0, 0.1) is 0 Å². The summed E-state index contributed by atoms with van der Waals surface area (Å²) in [4.78, 5) is 31.7. The van der Waals surface area contributed by atoms with E-state index in [0.717, 1.165) is 12.4 Å². The Kier molecular flexibility index (Phi) is 6.54. The van der Waals surface area contributed by atoms with Crippen LogP contribution in [0.2, 0.25) is 0 Å². The highest BCUT2D eigenvalue weighted by Crippen LogP contribution is 2.05. The fourth-order valence-electron chi connectivity index (χ4n) is 1.59. The molecule has 8 heteroatoms. The van der Waals surface area contributed by atoms with E-state index in [1.807, 2.05) is 0 Å². The topological polar surface area (TPSA) is 124 Å². The summed E-state index contributed by atoms with van der Waals surface area (Å²) in [5, 5.41) is 26.5. The second-order valence-electron chi connectivity index (χ2n) is 4.04. The molecule has 0 atom stereocenters. The maximum absolute atomic E-state index is 12.2. The predicted octanol–water partition coefficient (Wildman–Crippen LogP) is -0.618. The molecule has 3 N–H and O–H groups in total. The fraction of sp³-hybridized carbons (Fsp3) is 0.500. The average molecular weight is 283 g/mol. The summed E-state index contributed by atoms with van der Waals surface area (Å²) in [6.45, 7) is 0.490. The molecule has 0 aliphatic carbocycles. The van der Waals surface area contributed by atoms with Gasteiger partial charge in [-0.2, -0.15) is 0 Å². The van der Waals surface area contributed by atoms with Gasteiger partial charge in [0.15, 0.2) is 5.69 Å². The Morgan fingerprint density at radius 3 is 2.10 bits per heavy atom. The molecule has 0 aromatic carbocycles. The average Bonchev–Trinajstić information content (AvgIpc) is 2.47. The Labute approximate surface area is 115 Å². The van der Waals surface area contributed by atoms with E-state index in [4.69, 9.17) is 15.3 Å². The van der Waals surface area contributed by atoms with E-state index < -0.39 is 11.9 Å². The standard InChI is InChI=1S/C12H17N3O5/c16-5-1-3-15(4-2-6-17)11(18)9-7-10(12(19)20)14-8-13-9/h7-8,16-17H,1-6H2,(H,19,20). The van der Waals surface area contributed by atoms with Gasteiger partial charge in [0.2, 0.25) is 0 Å². The first kappa shape index (κ1) is 16.0. The highest BCUT2D eigenvalue weighted by atomic mass is 16.4. The summed E-state index contributed by atoms with van der Waals surface area (Å²) in [6, 6.07) is 1.11. The largest absolute Gasteiger partial charge is 0.477 e. The van der Waals surface area contributed by atoms with E-state index in [0.29, 0.717) is 25.9 Å². The smallest absolute Gasteiger partial charge is 0.354 e. The zero-order chi connectivity index (χ0) is 15.0. The molecule has 1 aromatic rings. The van der Waals surface area contributed by atoms with Crippen LogP contribution in [0.4, 0.5) is 0 Å². The van der Waals surface area contributed by atoms with Gasteiger partial charge in [0, 0.05) is 32.4 Å².